The molecule has 1 aromatic heterocycles. The van der Waals surface area contributed by atoms with Crippen LogP contribution in [-0.4, -0.2) is 12.5 Å². The van der Waals surface area contributed by atoms with Crippen LogP contribution >= 0.6 is 11.3 Å². The van der Waals surface area contributed by atoms with E-state index in [1.54, 1.807) is 11.3 Å². The van der Waals surface area contributed by atoms with E-state index in [0.29, 0.717) is 6.42 Å². The quantitative estimate of drug-likeness (QED) is 0.633. The van der Waals surface area contributed by atoms with E-state index in [4.69, 9.17) is 4.74 Å². The fraction of sp³-hybridized carbons (Fsp3) is 0.227. The summed E-state index contributed by atoms with van der Waals surface area (Å²) in [4.78, 5) is 13.6. The van der Waals surface area contributed by atoms with Crippen LogP contribution in [0.25, 0.3) is 11.1 Å². The second-order valence-electron chi connectivity index (χ2n) is 6.48. The van der Waals surface area contributed by atoms with Crippen molar-refractivity contribution < 1.29 is 9.53 Å². The molecule has 1 N–H and O–H groups in total. The van der Waals surface area contributed by atoms with Crippen molar-refractivity contribution in [3.63, 3.8) is 0 Å². The molecule has 0 bridgehead atoms. The van der Waals surface area contributed by atoms with Gasteiger partial charge in [0.2, 0.25) is 5.91 Å². The van der Waals surface area contributed by atoms with Crippen LogP contribution in [0, 0.1) is 0 Å². The molecule has 132 valence electrons. The van der Waals surface area contributed by atoms with Crippen molar-refractivity contribution in [2.75, 3.05) is 11.9 Å². The zero-order chi connectivity index (χ0) is 17.9. The van der Waals surface area contributed by atoms with Crippen molar-refractivity contribution in [2.24, 2.45) is 0 Å². The molecule has 1 aliphatic heterocycles. The van der Waals surface area contributed by atoms with E-state index in [2.05, 4.69) is 41.9 Å². The summed E-state index contributed by atoms with van der Waals surface area (Å²) < 4.78 is 5.67. The first-order valence-electron chi connectivity index (χ1n) is 8.95. The van der Waals surface area contributed by atoms with Gasteiger partial charge in [-0.1, -0.05) is 49.4 Å². The highest BCUT2D eigenvalue weighted by Gasteiger charge is 2.30. The van der Waals surface area contributed by atoms with E-state index < -0.39 is 0 Å². The van der Waals surface area contributed by atoms with Gasteiger partial charge in [-0.15, -0.1) is 11.3 Å². The van der Waals surface area contributed by atoms with Gasteiger partial charge in [-0.3, -0.25) is 4.79 Å². The fourth-order valence-electron chi connectivity index (χ4n) is 3.34. The molecule has 1 aliphatic rings. The number of benzene rings is 2. The minimum Gasteiger partial charge on any atom is -0.494 e. The Labute approximate surface area is 157 Å². The molecule has 0 saturated heterocycles. The molecule has 4 rings (SSSR count). The molecule has 3 aromatic rings. The Hall–Kier alpha value is -2.59. The Bertz CT molecular complexity index is 900. The third kappa shape index (κ3) is 3.25. The molecule has 2 aromatic carbocycles. The summed E-state index contributed by atoms with van der Waals surface area (Å²) in [5, 5.41) is 5.24. The maximum atomic E-state index is 12.4. The SMILES string of the molecule is CCCOc1ccc([C@@H]2CC(=O)Nc3c(-c4ccccc4)csc32)cc1. The van der Waals surface area contributed by atoms with Crippen molar-refractivity contribution in [1.82, 2.24) is 0 Å². The zero-order valence-corrected chi connectivity index (χ0v) is 15.5. The van der Waals surface area contributed by atoms with Gasteiger partial charge in [0.1, 0.15) is 5.75 Å². The standard InChI is InChI=1S/C22H21NO2S/c1-2-12-25-17-10-8-16(9-11-17)18-13-20(24)23-21-19(14-26-22(18)21)15-6-4-3-5-7-15/h3-11,14,18H,2,12-13H2,1H3,(H,23,24)/t18-/m0/s1. The number of hydrogen-bond donors (Lipinski definition) is 1. The Kier molecular flexibility index (Phi) is 4.76. The minimum atomic E-state index is 0.0735. The monoisotopic (exact) mass is 363 g/mol. The van der Waals surface area contributed by atoms with Crippen LogP contribution in [0.3, 0.4) is 0 Å². The Balaban J connectivity index is 1.68. The van der Waals surface area contributed by atoms with Crippen molar-refractivity contribution in [2.45, 2.75) is 25.7 Å². The van der Waals surface area contributed by atoms with Crippen LogP contribution in [0.15, 0.2) is 60.0 Å². The molecule has 0 radical (unpaired) electrons. The molecule has 26 heavy (non-hydrogen) atoms. The van der Waals surface area contributed by atoms with E-state index >= 15 is 0 Å². The molecule has 1 amide bonds. The largest absolute Gasteiger partial charge is 0.494 e. The predicted molar refractivity (Wildman–Crippen MR) is 107 cm³/mol. The molecule has 3 nitrogen and oxygen atoms in total. The third-order valence-corrected chi connectivity index (χ3v) is 5.73. The number of anilines is 1. The van der Waals surface area contributed by atoms with Crippen LogP contribution in [0.4, 0.5) is 5.69 Å². The van der Waals surface area contributed by atoms with Crippen LogP contribution in [0.5, 0.6) is 5.75 Å². The molecule has 0 spiro atoms. The number of carbonyl (C=O) groups is 1. The smallest absolute Gasteiger partial charge is 0.225 e. The lowest BCUT2D eigenvalue weighted by Crippen LogP contribution is -2.22. The summed E-state index contributed by atoms with van der Waals surface area (Å²) in [5.74, 6) is 1.05. The van der Waals surface area contributed by atoms with Gasteiger partial charge in [-0.25, -0.2) is 0 Å². The van der Waals surface area contributed by atoms with Gasteiger partial charge >= 0.3 is 0 Å². The fourth-order valence-corrected chi connectivity index (χ4v) is 4.50. The van der Waals surface area contributed by atoms with Gasteiger partial charge in [-0.05, 0) is 29.7 Å². The Morgan fingerprint density at radius 3 is 2.62 bits per heavy atom. The van der Waals surface area contributed by atoms with E-state index in [-0.39, 0.29) is 11.8 Å². The van der Waals surface area contributed by atoms with E-state index in [9.17, 15) is 4.79 Å². The molecular weight excluding hydrogens is 342 g/mol. The maximum Gasteiger partial charge on any atom is 0.225 e. The molecule has 1 atom stereocenters. The summed E-state index contributed by atoms with van der Waals surface area (Å²) in [6.07, 6.45) is 1.47. The molecule has 0 fully saturated rings. The van der Waals surface area contributed by atoms with Gasteiger partial charge in [0.25, 0.3) is 0 Å². The van der Waals surface area contributed by atoms with Crippen molar-refractivity contribution >= 4 is 22.9 Å². The lowest BCUT2D eigenvalue weighted by molar-refractivity contribution is -0.116. The van der Waals surface area contributed by atoms with E-state index in [0.717, 1.165) is 41.2 Å². The summed E-state index contributed by atoms with van der Waals surface area (Å²) in [6, 6.07) is 18.4. The molecule has 0 saturated carbocycles. The van der Waals surface area contributed by atoms with Crippen LogP contribution < -0.4 is 10.1 Å². The number of rotatable bonds is 5. The first-order valence-corrected chi connectivity index (χ1v) is 9.83. The van der Waals surface area contributed by atoms with Gasteiger partial charge in [-0.2, -0.15) is 0 Å². The second kappa shape index (κ2) is 7.34. The first kappa shape index (κ1) is 16.9. The Morgan fingerprint density at radius 1 is 1.12 bits per heavy atom. The zero-order valence-electron chi connectivity index (χ0n) is 14.7. The van der Waals surface area contributed by atoms with Crippen molar-refractivity contribution in [3.8, 4) is 16.9 Å². The highest BCUT2D eigenvalue weighted by atomic mass is 32.1. The Morgan fingerprint density at radius 2 is 1.88 bits per heavy atom. The average Bonchev–Trinajstić information content (AvgIpc) is 3.10. The van der Waals surface area contributed by atoms with Crippen LogP contribution in [0.1, 0.15) is 36.1 Å². The lowest BCUT2D eigenvalue weighted by Gasteiger charge is -2.24. The van der Waals surface area contributed by atoms with Gasteiger partial charge < -0.3 is 10.1 Å². The lowest BCUT2D eigenvalue weighted by atomic mass is 9.89. The molecular formula is C22H21NO2S. The number of ether oxygens (including phenoxy) is 1. The summed E-state index contributed by atoms with van der Waals surface area (Å²) in [6.45, 7) is 2.82. The summed E-state index contributed by atoms with van der Waals surface area (Å²) in [5.41, 5.74) is 4.36. The second-order valence-corrected chi connectivity index (χ2v) is 7.39. The van der Waals surface area contributed by atoms with Gasteiger partial charge in [0, 0.05) is 28.2 Å². The number of carbonyl (C=O) groups excluding carboxylic acids is 1. The molecule has 2 heterocycles. The highest BCUT2D eigenvalue weighted by molar-refractivity contribution is 7.11. The summed E-state index contributed by atoms with van der Waals surface area (Å²) >= 11 is 1.72. The molecule has 4 heteroatoms. The average molecular weight is 363 g/mol. The van der Waals surface area contributed by atoms with Crippen LogP contribution in [-0.2, 0) is 4.79 Å². The molecule has 0 aliphatic carbocycles. The topological polar surface area (TPSA) is 38.3 Å². The van der Waals surface area contributed by atoms with Gasteiger partial charge in [0.05, 0.1) is 12.3 Å². The van der Waals surface area contributed by atoms with Crippen LogP contribution in [0.2, 0.25) is 0 Å². The number of hydrogen-bond acceptors (Lipinski definition) is 3. The first-order chi connectivity index (χ1) is 12.8. The number of thiophene rings is 1. The normalized spacial score (nSPS) is 16.0. The number of amides is 1. The van der Waals surface area contributed by atoms with Gasteiger partial charge in [0.15, 0.2) is 0 Å². The maximum absolute atomic E-state index is 12.4. The number of fused-ring (bicyclic) bond motifs is 1. The predicted octanol–water partition coefficient (Wildman–Crippen LogP) is 5.68. The third-order valence-electron chi connectivity index (χ3n) is 4.63. The van der Waals surface area contributed by atoms with Crippen molar-refractivity contribution in [1.29, 1.82) is 0 Å². The van der Waals surface area contributed by atoms with Crippen molar-refractivity contribution in [3.05, 3.63) is 70.4 Å². The summed E-state index contributed by atoms with van der Waals surface area (Å²) in [7, 11) is 0. The minimum absolute atomic E-state index is 0.0735. The van der Waals surface area contributed by atoms with E-state index in [1.165, 1.54) is 4.88 Å². The molecule has 0 unspecified atom stereocenters. The van der Waals surface area contributed by atoms with E-state index in [1.807, 2.05) is 30.3 Å². The number of nitrogens with one attached hydrogen (secondary N) is 1. The highest BCUT2D eigenvalue weighted by Crippen LogP contribution is 2.46.